The third-order valence-electron chi connectivity index (χ3n) is 10.6. The van der Waals surface area contributed by atoms with Gasteiger partial charge in [0.05, 0.1) is 37.8 Å². The molecule has 3 aliphatic rings. The van der Waals surface area contributed by atoms with Gasteiger partial charge in [-0.2, -0.15) is 11.8 Å². The number of amides is 3. The number of aliphatic hydroxyl groups is 1. The highest BCUT2D eigenvalue weighted by atomic mass is 35.5. The number of thioether (sulfide) groups is 1. The summed E-state index contributed by atoms with van der Waals surface area (Å²) in [5, 5.41) is 23.2. The van der Waals surface area contributed by atoms with E-state index in [2.05, 4.69) is 5.32 Å². The minimum absolute atomic E-state index is 0.00194. The number of fused-ring (bicyclic) bond motifs is 5. The lowest BCUT2D eigenvalue weighted by molar-refractivity contribution is -0.162. The summed E-state index contributed by atoms with van der Waals surface area (Å²) < 4.78 is 29.2. The number of rotatable bonds is 11. The number of carboxylic acids is 1. The number of anilines is 1. The van der Waals surface area contributed by atoms with Gasteiger partial charge < -0.3 is 43.7 Å². The first-order valence-electron chi connectivity index (χ1n) is 18.5. The van der Waals surface area contributed by atoms with Crippen LogP contribution in [-0.2, 0) is 44.5 Å². The Morgan fingerprint density at radius 2 is 1.88 bits per heavy atom. The van der Waals surface area contributed by atoms with Crippen LogP contribution >= 0.6 is 23.4 Å². The second-order valence-electron chi connectivity index (χ2n) is 14.8. The first-order valence-corrected chi connectivity index (χ1v) is 20.0. The van der Waals surface area contributed by atoms with Gasteiger partial charge in [-0.05, 0) is 44.9 Å². The maximum absolute atomic E-state index is 14.2. The van der Waals surface area contributed by atoms with Crippen molar-refractivity contribution in [3.05, 3.63) is 46.5 Å². The van der Waals surface area contributed by atoms with E-state index in [0.717, 1.165) is 11.1 Å². The molecule has 4 rings (SSSR count). The highest BCUT2D eigenvalue weighted by Crippen LogP contribution is 2.49. The number of likely N-dealkylation sites (N-methyl/N-ethyl adjacent to an activating group) is 1. The van der Waals surface area contributed by atoms with Crippen LogP contribution in [0.3, 0.4) is 0 Å². The third kappa shape index (κ3) is 11.2. The monoisotopic (exact) mass is 823 g/mol. The van der Waals surface area contributed by atoms with Crippen molar-refractivity contribution >= 4 is 58.9 Å². The van der Waals surface area contributed by atoms with Crippen LogP contribution in [0.4, 0.5) is 10.5 Å². The highest BCUT2D eigenvalue weighted by molar-refractivity contribution is 7.99. The Bertz CT molecular complexity index is 1710. The number of carbonyl (C=O) groups excluding carboxylic acids is 4. The van der Waals surface area contributed by atoms with Crippen LogP contribution in [0, 0.1) is 5.92 Å². The lowest BCUT2D eigenvalue weighted by Gasteiger charge is -2.40. The van der Waals surface area contributed by atoms with Gasteiger partial charge in [-0.15, -0.1) is 0 Å². The predicted molar refractivity (Wildman–Crippen MR) is 210 cm³/mol. The van der Waals surface area contributed by atoms with E-state index in [4.69, 9.17) is 40.4 Å². The van der Waals surface area contributed by atoms with Crippen LogP contribution in [0.1, 0.15) is 65.4 Å². The second-order valence-corrected chi connectivity index (χ2v) is 16.4. The minimum Gasteiger partial charge on any atom is -0.495 e. The van der Waals surface area contributed by atoms with Crippen molar-refractivity contribution in [2.75, 3.05) is 44.7 Å². The van der Waals surface area contributed by atoms with E-state index >= 15 is 0 Å². The molecule has 0 radical (unpaired) electrons. The molecule has 3 N–H and O–H groups in total. The van der Waals surface area contributed by atoms with E-state index in [-0.39, 0.29) is 43.0 Å². The lowest BCUT2D eigenvalue weighted by atomic mass is 9.83. The van der Waals surface area contributed by atoms with E-state index < -0.39 is 71.6 Å². The average molecular weight is 824 g/mol. The predicted octanol–water partition coefficient (Wildman–Crippen LogP) is 4.50. The molecular weight excluding hydrogens is 770 g/mol. The summed E-state index contributed by atoms with van der Waals surface area (Å²) in [4.78, 5) is 67.2. The van der Waals surface area contributed by atoms with Crippen molar-refractivity contribution in [1.29, 1.82) is 0 Å². The number of methoxy groups -OCH3 is 2. The van der Waals surface area contributed by atoms with Crippen molar-refractivity contribution in [3.8, 4) is 5.75 Å². The molecule has 0 unspecified atom stereocenters. The number of allylic oxidation sites excluding steroid dienone is 3. The van der Waals surface area contributed by atoms with Gasteiger partial charge in [0.1, 0.15) is 40.3 Å². The number of hydrogen-bond donors (Lipinski definition) is 3. The summed E-state index contributed by atoms with van der Waals surface area (Å²) in [6.07, 6.45) is 1.64. The minimum atomic E-state index is -1.69. The number of ether oxygens (including phenoxy) is 5. The lowest BCUT2D eigenvalue weighted by Crippen LogP contribution is -2.59. The normalized spacial score (nSPS) is 30.3. The number of aliphatic carboxylic acids is 1. The molecule has 0 aliphatic carbocycles. The quantitative estimate of drug-likeness (QED) is 0.161. The van der Waals surface area contributed by atoms with Crippen molar-refractivity contribution in [3.63, 3.8) is 0 Å². The smallest absolute Gasteiger partial charge is 0.409 e. The summed E-state index contributed by atoms with van der Waals surface area (Å²) in [6, 6.07) is 2.53. The fourth-order valence-corrected chi connectivity index (χ4v) is 8.11. The second kappa shape index (κ2) is 19.1. The van der Waals surface area contributed by atoms with Gasteiger partial charge in [0.2, 0.25) is 11.8 Å². The maximum Gasteiger partial charge on any atom is 0.409 e. The molecule has 3 aliphatic heterocycles. The Labute approximate surface area is 337 Å². The number of carboxylic acid groups (broad SMARTS) is 1. The molecule has 4 bridgehead atoms. The zero-order valence-electron chi connectivity index (χ0n) is 33.2. The largest absolute Gasteiger partial charge is 0.495 e. The number of nitrogens with one attached hydrogen (secondary N) is 1. The Balaban J connectivity index is 1.67. The molecule has 3 amide bonds. The van der Waals surface area contributed by atoms with Crippen LogP contribution in [-0.4, -0.2) is 127 Å². The van der Waals surface area contributed by atoms with Gasteiger partial charge in [-0.25, -0.2) is 9.59 Å². The van der Waals surface area contributed by atoms with Crippen LogP contribution in [0.2, 0.25) is 5.02 Å². The zero-order chi connectivity index (χ0) is 41.5. The number of hydrogen-bond acceptors (Lipinski definition) is 12. The summed E-state index contributed by atoms with van der Waals surface area (Å²) >= 11 is 8.09. The van der Waals surface area contributed by atoms with E-state index in [1.165, 1.54) is 49.8 Å². The number of alkyl carbamates (subject to hydrolysis) is 1. The summed E-state index contributed by atoms with van der Waals surface area (Å²) in [5.41, 5.74) is -0.795. The molecule has 0 aromatic heterocycles. The molecule has 8 atom stereocenters. The highest BCUT2D eigenvalue weighted by Gasteiger charge is 2.64. The molecule has 0 saturated carbocycles. The van der Waals surface area contributed by atoms with E-state index in [1.807, 2.05) is 19.1 Å². The number of halogens is 1. The van der Waals surface area contributed by atoms with E-state index in [1.54, 1.807) is 39.1 Å². The average Bonchev–Trinajstić information content (AvgIpc) is 3.84. The molecule has 56 heavy (non-hydrogen) atoms. The number of epoxide rings is 1. The standard InChI is InChI=1S/C39H54ClN3O12S/c1-22-10-9-11-26(51-7)20-39(50)21-29(53-37(49)41-39)23(2)35-38(4,55-35)30(19-32(45)43(6)27-17-25(16-22)18-28(52-8)34(27)40)54-36(48)24(3)42(5)31(44)12-14-56-15-13-33(46)47/h9-11,17-18,23-24,26,29-30,35,50H,12-16,19-21H2,1-8H3,(H,41,49)(H,46,47)/b11-9+,22-10+/t23-,24+,26-,29+,30+,35+,38+,39-/m1/s1. The molecule has 1 aromatic rings. The topological polar surface area (TPSA) is 194 Å². The van der Waals surface area contributed by atoms with Crippen LogP contribution in [0.25, 0.3) is 0 Å². The van der Waals surface area contributed by atoms with Crippen molar-refractivity contribution < 1.29 is 57.9 Å². The molecule has 17 heteroatoms. The Kier molecular flexibility index (Phi) is 15.3. The Morgan fingerprint density at radius 1 is 1.18 bits per heavy atom. The van der Waals surface area contributed by atoms with Gasteiger partial charge in [0.25, 0.3) is 0 Å². The van der Waals surface area contributed by atoms with Gasteiger partial charge in [-0.1, -0.05) is 42.3 Å². The van der Waals surface area contributed by atoms with Crippen LogP contribution in [0.5, 0.6) is 5.75 Å². The van der Waals surface area contributed by atoms with Crippen LogP contribution in [0.15, 0.2) is 35.9 Å². The van der Waals surface area contributed by atoms with Crippen molar-refractivity contribution in [2.24, 2.45) is 5.92 Å². The molecule has 3 heterocycles. The first kappa shape index (κ1) is 44.9. The number of nitrogens with zero attached hydrogens (tertiary/aromatic N) is 2. The SMILES string of the molecule is COc1cc2cc(c1Cl)N(C)C(=O)C[C@H](OC(=O)[C@H](C)N(C)C(=O)CCSCCC(=O)O)[C@]1(C)O[C@H]1[C@H](C)[C@@H]1C[C@](O)(C[C@H](OC)/C=C/C=C(\C)C2)NC(=O)O1. The zero-order valence-corrected chi connectivity index (χ0v) is 34.7. The summed E-state index contributed by atoms with van der Waals surface area (Å²) in [5.74, 6) is -1.94. The fraction of sp³-hybridized carbons (Fsp3) is 0.615. The van der Waals surface area contributed by atoms with Gasteiger partial charge >= 0.3 is 18.0 Å². The molecule has 15 nitrogen and oxygen atoms in total. The molecular formula is C39H54ClN3O12S. The van der Waals surface area contributed by atoms with Crippen molar-refractivity contribution in [1.82, 2.24) is 10.2 Å². The first-order chi connectivity index (χ1) is 26.3. The van der Waals surface area contributed by atoms with Gasteiger partial charge in [0, 0.05) is 57.9 Å². The van der Waals surface area contributed by atoms with Crippen molar-refractivity contribution in [2.45, 2.75) is 108 Å². The fourth-order valence-electron chi connectivity index (χ4n) is 6.96. The van der Waals surface area contributed by atoms with Crippen LogP contribution < -0.4 is 15.0 Å². The number of carbonyl (C=O) groups is 5. The van der Waals surface area contributed by atoms with E-state index in [0.29, 0.717) is 29.4 Å². The molecule has 2 fully saturated rings. The molecule has 0 spiro atoms. The van der Waals surface area contributed by atoms with E-state index in [9.17, 15) is 29.1 Å². The summed E-state index contributed by atoms with van der Waals surface area (Å²) in [6.45, 7) is 6.94. The summed E-state index contributed by atoms with van der Waals surface area (Å²) in [7, 11) is 6.02. The number of esters is 1. The molecule has 1 aromatic carbocycles. The maximum atomic E-state index is 14.2. The molecule has 2 saturated heterocycles. The molecule has 310 valence electrons. The van der Waals surface area contributed by atoms with Gasteiger partial charge in [0.15, 0.2) is 0 Å². The third-order valence-corrected chi connectivity index (χ3v) is 12.0. The number of benzene rings is 1. The van der Waals surface area contributed by atoms with Gasteiger partial charge in [-0.3, -0.25) is 19.7 Å². The Morgan fingerprint density at radius 3 is 2.54 bits per heavy atom. The Hall–Kier alpha value is -3.83.